The van der Waals surface area contributed by atoms with Crippen molar-refractivity contribution in [2.45, 2.75) is 0 Å². The minimum absolute atomic E-state index is 0.382. The van der Waals surface area contributed by atoms with Crippen molar-refractivity contribution in [2.24, 2.45) is 0 Å². The summed E-state index contributed by atoms with van der Waals surface area (Å²) in [6, 6.07) is 0. The van der Waals surface area contributed by atoms with Gasteiger partial charge in [0.05, 0.1) is 0 Å². The smallest absolute Gasteiger partial charge is 0.289 e. The molecule has 0 radical (unpaired) electrons. The Morgan fingerprint density at radius 2 is 2.57 bits per heavy atom. The Hall–Kier alpha value is -0.620. The van der Waals surface area contributed by atoms with Crippen LogP contribution in [0.4, 0.5) is 0 Å². The first-order valence-electron chi connectivity index (χ1n) is 1.61. The first-order valence-corrected chi connectivity index (χ1v) is 2.83. The van der Waals surface area contributed by atoms with Crippen molar-refractivity contribution in [2.75, 3.05) is 6.26 Å². The van der Waals surface area contributed by atoms with Gasteiger partial charge >= 0.3 is 5.91 Å². The van der Waals surface area contributed by atoms with Crippen LogP contribution in [0.15, 0.2) is 0 Å². The number of nitrogens with one attached hydrogen (secondary N) is 1. The first kappa shape index (κ1) is 6.38. The molecule has 0 atom stereocenters. The molecule has 0 unspecified atom stereocenters. The fraction of sp³-hybridized carbons (Fsp3) is 0.250. The van der Waals surface area contributed by atoms with Crippen LogP contribution in [0.25, 0.3) is 0 Å². The van der Waals surface area contributed by atoms with E-state index in [1.165, 1.54) is 11.9 Å². The summed E-state index contributed by atoms with van der Waals surface area (Å²) in [6.45, 7) is 0. The maximum Gasteiger partial charge on any atom is 0.305 e. The number of hydrogen-bond acceptors (Lipinski definition) is 2. The van der Waals surface area contributed by atoms with Crippen molar-refractivity contribution in [3.63, 3.8) is 0 Å². The molecule has 2 nitrogen and oxygen atoms in total. The van der Waals surface area contributed by atoms with Crippen molar-refractivity contribution in [1.29, 1.82) is 0 Å². The van der Waals surface area contributed by atoms with Crippen LogP contribution >= 0.6 is 11.9 Å². The van der Waals surface area contributed by atoms with E-state index in [0.717, 1.165) is 0 Å². The van der Waals surface area contributed by atoms with Crippen LogP contribution in [0.2, 0.25) is 0 Å². The monoisotopic (exact) mass is 115 g/mol. The second kappa shape index (κ2) is 3.57. The van der Waals surface area contributed by atoms with Gasteiger partial charge in [-0.1, -0.05) is 11.9 Å². The summed E-state index contributed by atoms with van der Waals surface area (Å²) in [5.74, 6) is 1.51. The van der Waals surface area contributed by atoms with Gasteiger partial charge in [0.25, 0.3) is 0 Å². The van der Waals surface area contributed by atoms with Gasteiger partial charge in [0.2, 0.25) is 0 Å². The third-order valence-electron chi connectivity index (χ3n) is 0.326. The van der Waals surface area contributed by atoms with Gasteiger partial charge < -0.3 is 0 Å². The predicted octanol–water partition coefficient (Wildman–Crippen LogP) is 0.0138. The lowest BCUT2D eigenvalue weighted by Crippen LogP contribution is -2.10. The summed E-state index contributed by atoms with van der Waals surface area (Å²) in [4.78, 5) is 10.0. The minimum atomic E-state index is -0.382. The zero-order chi connectivity index (χ0) is 5.70. The molecule has 38 valence electrons. The Balaban J connectivity index is 3.24. The molecule has 0 aromatic carbocycles. The average molecular weight is 115 g/mol. The van der Waals surface area contributed by atoms with E-state index < -0.39 is 0 Å². The van der Waals surface area contributed by atoms with Gasteiger partial charge in [0.1, 0.15) is 0 Å². The molecule has 7 heavy (non-hydrogen) atoms. The summed E-state index contributed by atoms with van der Waals surface area (Å²) < 4.78 is 2.34. The number of rotatable bonds is 1. The van der Waals surface area contributed by atoms with E-state index in [-0.39, 0.29) is 5.91 Å². The van der Waals surface area contributed by atoms with Crippen LogP contribution in [0.1, 0.15) is 0 Å². The highest BCUT2D eigenvalue weighted by molar-refractivity contribution is 7.97. The van der Waals surface area contributed by atoms with Crippen LogP contribution < -0.4 is 4.72 Å². The van der Waals surface area contributed by atoms with E-state index in [2.05, 4.69) is 11.1 Å². The van der Waals surface area contributed by atoms with Crippen LogP contribution in [-0.2, 0) is 4.79 Å². The molecule has 1 amide bonds. The van der Waals surface area contributed by atoms with Crippen LogP contribution in [-0.4, -0.2) is 12.2 Å². The van der Waals surface area contributed by atoms with E-state index in [0.29, 0.717) is 0 Å². The molecule has 0 saturated heterocycles. The van der Waals surface area contributed by atoms with Crippen molar-refractivity contribution < 1.29 is 4.79 Å². The van der Waals surface area contributed by atoms with Gasteiger partial charge in [-0.15, -0.1) is 6.42 Å². The number of hydrogen-bond donors (Lipinski definition) is 1. The molecule has 0 fully saturated rings. The van der Waals surface area contributed by atoms with Crippen molar-refractivity contribution in [3.05, 3.63) is 0 Å². The number of carbonyl (C=O) groups is 1. The minimum Gasteiger partial charge on any atom is -0.289 e. The van der Waals surface area contributed by atoms with E-state index >= 15 is 0 Å². The number of terminal acetylenes is 1. The molecular formula is C4H5NOS. The molecule has 0 spiro atoms. The zero-order valence-corrected chi connectivity index (χ0v) is 4.71. The number of carbonyl (C=O) groups excluding carboxylic acids is 1. The lowest BCUT2D eigenvalue weighted by Gasteiger charge is -1.86. The van der Waals surface area contributed by atoms with Crippen molar-refractivity contribution in [1.82, 2.24) is 4.72 Å². The van der Waals surface area contributed by atoms with E-state index in [1.807, 2.05) is 5.92 Å². The molecule has 0 bridgehead atoms. The summed E-state index contributed by atoms with van der Waals surface area (Å²) in [7, 11) is 0. The molecule has 1 N–H and O–H groups in total. The molecule has 0 aromatic heterocycles. The van der Waals surface area contributed by atoms with E-state index in [9.17, 15) is 4.79 Å². The van der Waals surface area contributed by atoms with E-state index in [4.69, 9.17) is 0 Å². The molecule has 3 heteroatoms. The fourth-order valence-electron chi connectivity index (χ4n) is 0.122. The Morgan fingerprint density at radius 3 is 2.71 bits per heavy atom. The summed E-state index contributed by atoms with van der Waals surface area (Å²) >= 11 is 1.19. The highest BCUT2D eigenvalue weighted by atomic mass is 32.2. The van der Waals surface area contributed by atoms with Gasteiger partial charge in [-0.2, -0.15) is 0 Å². The Labute approximate surface area is 46.8 Å². The zero-order valence-electron chi connectivity index (χ0n) is 3.89. The molecule has 0 aliphatic heterocycles. The van der Waals surface area contributed by atoms with Gasteiger partial charge in [0, 0.05) is 6.26 Å². The van der Waals surface area contributed by atoms with Crippen molar-refractivity contribution >= 4 is 17.9 Å². The summed E-state index contributed by atoms with van der Waals surface area (Å²) in [5.41, 5.74) is 0. The van der Waals surface area contributed by atoms with E-state index in [1.54, 1.807) is 6.26 Å². The molecule has 0 aliphatic carbocycles. The molecule has 0 heterocycles. The Bertz CT molecular complexity index is 105. The third-order valence-corrected chi connectivity index (χ3v) is 0.715. The molecule has 0 saturated carbocycles. The lowest BCUT2D eigenvalue weighted by molar-refractivity contribution is -0.113. The van der Waals surface area contributed by atoms with Crippen LogP contribution in [0, 0.1) is 12.3 Å². The maximum atomic E-state index is 10.0. The van der Waals surface area contributed by atoms with Crippen LogP contribution in [0.5, 0.6) is 0 Å². The molecule has 0 aliphatic rings. The van der Waals surface area contributed by atoms with Gasteiger partial charge in [-0.25, -0.2) is 0 Å². The second-order valence-electron chi connectivity index (χ2n) is 0.780. The maximum absolute atomic E-state index is 10.0. The van der Waals surface area contributed by atoms with Gasteiger partial charge in [-0.3, -0.25) is 9.52 Å². The highest BCUT2D eigenvalue weighted by Gasteiger charge is 1.85. The average Bonchev–Trinajstić information content (AvgIpc) is 1.68. The third kappa shape index (κ3) is 3.20. The molecule has 0 rings (SSSR count). The molecule has 0 aromatic rings. The second-order valence-corrected chi connectivity index (χ2v) is 1.39. The van der Waals surface area contributed by atoms with Gasteiger partial charge in [0.15, 0.2) is 0 Å². The first-order chi connectivity index (χ1) is 3.31. The predicted molar refractivity (Wildman–Crippen MR) is 30.5 cm³/mol. The summed E-state index contributed by atoms with van der Waals surface area (Å²) in [5, 5.41) is 0. The SMILES string of the molecule is C#CC(=O)NSC. The van der Waals surface area contributed by atoms with Crippen molar-refractivity contribution in [3.8, 4) is 12.3 Å². The topological polar surface area (TPSA) is 29.1 Å². The lowest BCUT2D eigenvalue weighted by atomic mass is 10.7. The fourth-order valence-corrected chi connectivity index (χ4v) is 0.366. The number of amides is 1. The normalized spacial score (nSPS) is 6.86. The Morgan fingerprint density at radius 1 is 2.00 bits per heavy atom. The largest absolute Gasteiger partial charge is 0.305 e. The standard InChI is InChI=1S/C4H5NOS/c1-3-4(6)5-7-2/h1H,2H3,(H,5,6). The quantitative estimate of drug-likeness (QED) is 0.385. The highest BCUT2D eigenvalue weighted by Crippen LogP contribution is 1.77. The van der Waals surface area contributed by atoms with Gasteiger partial charge in [-0.05, 0) is 5.92 Å². The Kier molecular flexibility index (Phi) is 3.25. The van der Waals surface area contributed by atoms with Crippen LogP contribution in [0.3, 0.4) is 0 Å². The molecular weight excluding hydrogens is 110 g/mol. The summed E-state index contributed by atoms with van der Waals surface area (Å²) in [6.07, 6.45) is 6.41.